The molecule has 1 aromatic carbocycles. The molecule has 1 aliphatic rings. The molecule has 1 atom stereocenters. The van der Waals surface area contributed by atoms with E-state index in [0.717, 1.165) is 34.9 Å². The SMILES string of the molecule is CC[C@@H](C)N1C(=O)S/C(=C/c2cc(C(C)(C)C)c(O)c(C(C)(C)C)c2)C1=O. The molecular weight excluding hydrogens is 358 g/mol. The first kappa shape index (κ1) is 21.5. The van der Waals surface area contributed by atoms with Crippen LogP contribution in [0.4, 0.5) is 4.79 Å². The van der Waals surface area contributed by atoms with E-state index in [0.29, 0.717) is 10.7 Å². The lowest BCUT2D eigenvalue weighted by molar-refractivity contribution is -0.124. The van der Waals surface area contributed by atoms with Crippen LogP contribution in [0, 0.1) is 0 Å². The molecular formula is C22H31NO3S. The van der Waals surface area contributed by atoms with E-state index >= 15 is 0 Å². The fraction of sp³-hybridized carbons (Fsp3) is 0.545. The van der Waals surface area contributed by atoms with Gasteiger partial charge in [-0.2, -0.15) is 0 Å². The van der Waals surface area contributed by atoms with Crippen LogP contribution in [0.5, 0.6) is 5.75 Å². The Hall–Kier alpha value is -1.75. The van der Waals surface area contributed by atoms with Gasteiger partial charge < -0.3 is 5.11 Å². The third-order valence-electron chi connectivity index (χ3n) is 4.90. The van der Waals surface area contributed by atoms with Gasteiger partial charge in [0.25, 0.3) is 11.1 Å². The highest BCUT2D eigenvalue weighted by atomic mass is 32.2. The maximum absolute atomic E-state index is 12.7. The normalized spacial score (nSPS) is 18.5. The van der Waals surface area contributed by atoms with Gasteiger partial charge in [0.1, 0.15) is 5.75 Å². The number of amides is 2. The molecule has 5 heteroatoms. The fourth-order valence-electron chi connectivity index (χ4n) is 3.08. The molecule has 0 aromatic heterocycles. The molecule has 0 unspecified atom stereocenters. The van der Waals surface area contributed by atoms with Crippen LogP contribution < -0.4 is 0 Å². The highest BCUT2D eigenvalue weighted by Gasteiger charge is 2.37. The molecule has 1 saturated heterocycles. The molecule has 1 N–H and O–H groups in total. The first-order valence-corrected chi connectivity index (χ1v) is 10.2. The Kier molecular flexibility index (Phi) is 5.86. The Labute approximate surface area is 167 Å². The van der Waals surface area contributed by atoms with Crippen LogP contribution in [0.1, 0.15) is 78.5 Å². The van der Waals surface area contributed by atoms with Crippen LogP contribution in [-0.2, 0) is 15.6 Å². The molecule has 0 aliphatic carbocycles. The highest BCUT2D eigenvalue weighted by Crippen LogP contribution is 2.41. The van der Waals surface area contributed by atoms with Gasteiger partial charge in [-0.15, -0.1) is 0 Å². The lowest BCUT2D eigenvalue weighted by Gasteiger charge is -2.28. The Balaban J connectivity index is 2.58. The molecule has 1 fully saturated rings. The Bertz CT molecular complexity index is 762. The summed E-state index contributed by atoms with van der Waals surface area (Å²) in [5, 5.41) is 10.6. The van der Waals surface area contributed by atoms with E-state index < -0.39 is 0 Å². The van der Waals surface area contributed by atoms with Gasteiger partial charge in [-0.3, -0.25) is 14.5 Å². The van der Waals surface area contributed by atoms with E-state index in [9.17, 15) is 14.7 Å². The van der Waals surface area contributed by atoms with Gasteiger partial charge >= 0.3 is 0 Å². The number of aromatic hydroxyl groups is 1. The number of hydrogen-bond donors (Lipinski definition) is 1. The first-order valence-electron chi connectivity index (χ1n) is 9.42. The Morgan fingerprint density at radius 1 is 1.07 bits per heavy atom. The maximum Gasteiger partial charge on any atom is 0.293 e. The van der Waals surface area contributed by atoms with Crippen molar-refractivity contribution < 1.29 is 14.7 Å². The summed E-state index contributed by atoms with van der Waals surface area (Å²) < 4.78 is 0. The van der Waals surface area contributed by atoms with Gasteiger partial charge in [0, 0.05) is 17.2 Å². The summed E-state index contributed by atoms with van der Waals surface area (Å²) in [5.74, 6) is 0.0712. The maximum atomic E-state index is 12.7. The number of carbonyl (C=O) groups is 2. The number of imide groups is 1. The van der Waals surface area contributed by atoms with Crippen molar-refractivity contribution in [2.45, 2.75) is 78.7 Å². The minimum absolute atomic E-state index is 0.113. The van der Waals surface area contributed by atoms with Crippen molar-refractivity contribution in [3.63, 3.8) is 0 Å². The predicted molar refractivity (Wildman–Crippen MR) is 113 cm³/mol. The zero-order valence-corrected chi connectivity index (χ0v) is 18.5. The second-order valence-electron chi connectivity index (χ2n) is 9.27. The summed E-state index contributed by atoms with van der Waals surface area (Å²) in [6.07, 6.45) is 2.50. The minimum Gasteiger partial charge on any atom is -0.507 e. The number of thioether (sulfide) groups is 1. The lowest BCUT2D eigenvalue weighted by atomic mass is 9.78. The largest absolute Gasteiger partial charge is 0.507 e. The van der Waals surface area contributed by atoms with Crippen LogP contribution in [0.25, 0.3) is 6.08 Å². The van der Waals surface area contributed by atoms with E-state index in [2.05, 4.69) is 41.5 Å². The van der Waals surface area contributed by atoms with Gasteiger partial charge in [-0.25, -0.2) is 0 Å². The molecule has 0 saturated carbocycles. The summed E-state index contributed by atoms with van der Waals surface area (Å²) in [7, 11) is 0. The number of benzene rings is 1. The van der Waals surface area contributed by atoms with Crippen molar-refractivity contribution in [3.8, 4) is 5.75 Å². The Morgan fingerprint density at radius 2 is 1.56 bits per heavy atom. The van der Waals surface area contributed by atoms with Crippen molar-refractivity contribution in [2.75, 3.05) is 0 Å². The minimum atomic E-state index is -0.246. The molecule has 2 amide bonds. The molecule has 4 nitrogen and oxygen atoms in total. The van der Waals surface area contributed by atoms with Gasteiger partial charge in [0.15, 0.2) is 0 Å². The second kappa shape index (κ2) is 7.34. The number of carbonyl (C=O) groups excluding carboxylic acids is 2. The van der Waals surface area contributed by atoms with E-state index in [1.54, 1.807) is 6.08 Å². The lowest BCUT2D eigenvalue weighted by Crippen LogP contribution is -2.36. The van der Waals surface area contributed by atoms with Crippen LogP contribution in [0.3, 0.4) is 0 Å². The molecule has 1 aliphatic heterocycles. The van der Waals surface area contributed by atoms with E-state index in [1.165, 1.54) is 4.90 Å². The predicted octanol–water partition coefficient (Wildman–Crippen LogP) is 5.82. The first-order chi connectivity index (χ1) is 12.3. The quantitative estimate of drug-likeness (QED) is 0.662. The summed E-state index contributed by atoms with van der Waals surface area (Å²) >= 11 is 0.987. The fourth-order valence-corrected chi connectivity index (χ4v) is 4.01. The number of nitrogens with zero attached hydrogens (tertiary/aromatic N) is 1. The van der Waals surface area contributed by atoms with Crippen molar-refractivity contribution >= 4 is 29.0 Å². The van der Waals surface area contributed by atoms with Crippen LogP contribution in [0.15, 0.2) is 17.0 Å². The van der Waals surface area contributed by atoms with E-state index in [-0.39, 0.29) is 28.0 Å². The van der Waals surface area contributed by atoms with Crippen molar-refractivity contribution in [1.82, 2.24) is 4.90 Å². The van der Waals surface area contributed by atoms with Gasteiger partial charge in [-0.1, -0.05) is 48.5 Å². The molecule has 0 spiro atoms. The van der Waals surface area contributed by atoms with Crippen molar-refractivity contribution in [1.29, 1.82) is 0 Å². The molecule has 1 heterocycles. The van der Waals surface area contributed by atoms with Crippen LogP contribution in [-0.4, -0.2) is 27.2 Å². The van der Waals surface area contributed by atoms with Gasteiger partial charge in [0.05, 0.1) is 4.91 Å². The van der Waals surface area contributed by atoms with Crippen LogP contribution in [0.2, 0.25) is 0 Å². The number of rotatable bonds is 3. The zero-order chi connectivity index (χ0) is 20.7. The third-order valence-corrected chi connectivity index (χ3v) is 5.78. The molecule has 1 aromatic rings. The zero-order valence-electron chi connectivity index (χ0n) is 17.6. The topological polar surface area (TPSA) is 57.6 Å². The standard InChI is InChI=1S/C22H31NO3S/c1-9-13(2)23-19(25)17(27-20(23)26)12-14-10-15(21(3,4)5)18(24)16(11-14)22(6,7)8/h10-13,24H,9H2,1-8H3/b17-12+/t13-/m1/s1. The summed E-state index contributed by atoms with van der Waals surface area (Å²) in [4.78, 5) is 26.8. The number of phenols is 1. The molecule has 0 radical (unpaired) electrons. The monoisotopic (exact) mass is 389 g/mol. The second-order valence-corrected chi connectivity index (χ2v) is 10.3. The van der Waals surface area contributed by atoms with Crippen molar-refractivity contribution in [2.24, 2.45) is 0 Å². The van der Waals surface area contributed by atoms with Crippen LogP contribution >= 0.6 is 11.8 Å². The average molecular weight is 390 g/mol. The summed E-state index contributed by atoms with van der Waals surface area (Å²) in [5.41, 5.74) is 2.01. The summed E-state index contributed by atoms with van der Waals surface area (Å²) in [6.45, 7) is 16.1. The number of phenolic OH excluding ortho intramolecular Hbond substituents is 1. The molecule has 2 rings (SSSR count). The van der Waals surface area contributed by atoms with E-state index in [4.69, 9.17) is 0 Å². The third kappa shape index (κ3) is 4.40. The van der Waals surface area contributed by atoms with Crippen molar-refractivity contribution in [3.05, 3.63) is 33.7 Å². The highest BCUT2D eigenvalue weighted by molar-refractivity contribution is 8.18. The van der Waals surface area contributed by atoms with Gasteiger partial charge in [0.2, 0.25) is 0 Å². The number of hydrogen-bond acceptors (Lipinski definition) is 4. The van der Waals surface area contributed by atoms with Gasteiger partial charge in [-0.05, 0) is 59.7 Å². The molecule has 148 valence electrons. The Morgan fingerprint density at radius 3 is 1.96 bits per heavy atom. The smallest absolute Gasteiger partial charge is 0.293 e. The molecule has 0 bridgehead atoms. The van der Waals surface area contributed by atoms with E-state index in [1.807, 2.05) is 26.0 Å². The molecule has 27 heavy (non-hydrogen) atoms. The summed E-state index contributed by atoms with van der Waals surface area (Å²) in [6, 6.07) is 3.72. The average Bonchev–Trinajstić information content (AvgIpc) is 2.80.